The van der Waals surface area contributed by atoms with Crippen molar-refractivity contribution in [1.82, 2.24) is 15.2 Å². The molecule has 1 aliphatic carbocycles. The summed E-state index contributed by atoms with van der Waals surface area (Å²) < 4.78 is 0. The fourth-order valence-electron chi connectivity index (χ4n) is 3.09. The van der Waals surface area contributed by atoms with Crippen LogP contribution in [0.2, 0.25) is 0 Å². The Labute approximate surface area is 150 Å². The van der Waals surface area contributed by atoms with Gasteiger partial charge in [-0.2, -0.15) is 10.4 Å². The van der Waals surface area contributed by atoms with E-state index < -0.39 is 5.41 Å². The Morgan fingerprint density at radius 3 is 2.62 bits per heavy atom. The van der Waals surface area contributed by atoms with Crippen molar-refractivity contribution in [3.63, 3.8) is 0 Å². The Morgan fingerprint density at radius 2 is 2.00 bits per heavy atom. The van der Waals surface area contributed by atoms with Gasteiger partial charge in [-0.3, -0.25) is 9.89 Å². The molecule has 1 amide bonds. The Morgan fingerprint density at radius 1 is 1.23 bits per heavy atom. The van der Waals surface area contributed by atoms with Crippen LogP contribution in [0.3, 0.4) is 0 Å². The first-order chi connectivity index (χ1) is 12.6. The van der Waals surface area contributed by atoms with Gasteiger partial charge in [-0.05, 0) is 49.6 Å². The van der Waals surface area contributed by atoms with Gasteiger partial charge in [0.1, 0.15) is 5.82 Å². The highest BCUT2D eigenvalue weighted by molar-refractivity contribution is 6.01. The standard InChI is InChI=1S/C20H17N5O/c1-13-22-18(25-24-13)15-3-2-4-17(11-15)23-19(26)20(9-10-20)16-7-5-14(12-21)6-8-16/h2-8,11H,9-10H2,1H3,(H,23,26)(H,22,24,25). The maximum absolute atomic E-state index is 12.9. The van der Waals surface area contributed by atoms with Crippen molar-refractivity contribution >= 4 is 11.6 Å². The summed E-state index contributed by atoms with van der Waals surface area (Å²) in [5.74, 6) is 1.32. The van der Waals surface area contributed by atoms with Gasteiger partial charge in [0.25, 0.3) is 0 Å². The summed E-state index contributed by atoms with van der Waals surface area (Å²) in [5, 5.41) is 18.9. The summed E-state index contributed by atoms with van der Waals surface area (Å²) in [4.78, 5) is 17.2. The number of aromatic nitrogens is 3. The van der Waals surface area contributed by atoms with Crippen molar-refractivity contribution in [2.75, 3.05) is 5.32 Å². The molecule has 1 aromatic heterocycles. The van der Waals surface area contributed by atoms with Crippen molar-refractivity contribution < 1.29 is 4.79 Å². The molecule has 26 heavy (non-hydrogen) atoms. The molecule has 0 spiro atoms. The van der Waals surface area contributed by atoms with E-state index in [1.54, 1.807) is 12.1 Å². The molecular weight excluding hydrogens is 326 g/mol. The van der Waals surface area contributed by atoms with Crippen molar-refractivity contribution in [3.05, 3.63) is 65.5 Å². The largest absolute Gasteiger partial charge is 0.325 e. The number of hydrogen-bond acceptors (Lipinski definition) is 4. The van der Waals surface area contributed by atoms with Crippen LogP contribution in [0.15, 0.2) is 48.5 Å². The number of nitrogens with zero attached hydrogens (tertiary/aromatic N) is 3. The number of aromatic amines is 1. The van der Waals surface area contributed by atoms with E-state index in [4.69, 9.17) is 5.26 Å². The second-order valence-electron chi connectivity index (χ2n) is 6.55. The van der Waals surface area contributed by atoms with E-state index >= 15 is 0 Å². The quantitative estimate of drug-likeness (QED) is 0.760. The van der Waals surface area contributed by atoms with Crippen LogP contribution in [-0.4, -0.2) is 21.1 Å². The molecule has 1 heterocycles. The predicted octanol–water partition coefficient (Wildman–Crippen LogP) is 3.32. The number of H-pyrrole nitrogens is 1. The molecule has 0 saturated heterocycles. The van der Waals surface area contributed by atoms with Crippen LogP contribution in [0.5, 0.6) is 0 Å². The van der Waals surface area contributed by atoms with Gasteiger partial charge in [0.2, 0.25) is 5.91 Å². The topological polar surface area (TPSA) is 94.5 Å². The molecule has 0 unspecified atom stereocenters. The second kappa shape index (κ2) is 6.12. The molecule has 3 aromatic rings. The molecule has 0 atom stereocenters. The van der Waals surface area contributed by atoms with Gasteiger partial charge in [0.05, 0.1) is 17.0 Å². The lowest BCUT2D eigenvalue weighted by molar-refractivity contribution is -0.118. The predicted molar refractivity (Wildman–Crippen MR) is 97.3 cm³/mol. The zero-order valence-corrected chi connectivity index (χ0v) is 14.3. The van der Waals surface area contributed by atoms with Gasteiger partial charge >= 0.3 is 0 Å². The second-order valence-corrected chi connectivity index (χ2v) is 6.55. The Hall–Kier alpha value is -3.46. The number of hydrogen-bond donors (Lipinski definition) is 2. The molecule has 1 saturated carbocycles. The smallest absolute Gasteiger partial charge is 0.235 e. The zero-order chi connectivity index (χ0) is 18.1. The molecular formula is C20H17N5O. The highest BCUT2D eigenvalue weighted by atomic mass is 16.2. The summed E-state index contributed by atoms with van der Waals surface area (Å²) in [5.41, 5.74) is 2.62. The van der Waals surface area contributed by atoms with E-state index in [2.05, 4.69) is 26.6 Å². The molecule has 1 aliphatic rings. The molecule has 0 radical (unpaired) electrons. The van der Waals surface area contributed by atoms with E-state index in [-0.39, 0.29) is 5.91 Å². The number of nitrogens with one attached hydrogen (secondary N) is 2. The molecule has 1 fully saturated rings. The van der Waals surface area contributed by atoms with Gasteiger partial charge in [-0.15, -0.1) is 0 Å². The average molecular weight is 343 g/mol. The van der Waals surface area contributed by atoms with Gasteiger partial charge in [0.15, 0.2) is 5.82 Å². The molecule has 6 heteroatoms. The summed E-state index contributed by atoms with van der Waals surface area (Å²) in [6.07, 6.45) is 1.62. The molecule has 0 bridgehead atoms. The third kappa shape index (κ3) is 2.84. The number of carbonyl (C=O) groups is 1. The number of carbonyl (C=O) groups excluding carboxylic acids is 1. The lowest BCUT2D eigenvalue weighted by atomic mass is 9.94. The first-order valence-corrected chi connectivity index (χ1v) is 8.42. The molecule has 2 aromatic carbocycles. The zero-order valence-electron chi connectivity index (χ0n) is 14.3. The van der Waals surface area contributed by atoms with Crippen LogP contribution in [0.1, 0.15) is 29.8 Å². The van der Waals surface area contributed by atoms with E-state index in [1.165, 1.54) is 0 Å². The van der Waals surface area contributed by atoms with E-state index in [0.717, 1.165) is 35.5 Å². The summed E-state index contributed by atoms with van der Waals surface area (Å²) in [6.45, 7) is 1.84. The normalized spacial score (nSPS) is 14.5. The van der Waals surface area contributed by atoms with Gasteiger partial charge < -0.3 is 5.32 Å². The molecule has 6 nitrogen and oxygen atoms in total. The molecule has 128 valence electrons. The number of aryl methyl sites for hydroxylation is 1. The third-order valence-electron chi connectivity index (χ3n) is 4.73. The number of anilines is 1. The monoisotopic (exact) mass is 343 g/mol. The van der Waals surface area contributed by atoms with Crippen molar-refractivity contribution in [2.24, 2.45) is 0 Å². The molecule has 0 aliphatic heterocycles. The summed E-state index contributed by atoms with van der Waals surface area (Å²) in [7, 11) is 0. The van der Waals surface area contributed by atoms with Crippen LogP contribution >= 0.6 is 0 Å². The molecule has 2 N–H and O–H groups in total. The van der Waals surface area contributed by atoms with Gasteiger partial charge in [0, 0.05) is 11.3 Å². The van der Waals surface area contributed by atoms with Crippen LogP contribution in [0.4, 0.5) is 5.69 Å². The van der Waals surface area contributed by atoms with E-state index in [0.29, 0.717) is 11.4 Å². The highest BCUT2D eigenvalue weighted by Crippen LogP contribution is 2.49. The lowest BCUT2D eigenvalue weighted by Crippen LogP contribution is -2.27. The maximum Gasteiger partial charge on any atom is 0.235 e. The Bertz CT molecular complexity index is 1010. The maximum atomic E-state index is 12.9. The fourth-order valence-corrected chi connectivity index (χ4v) is 3.09. The van der Waals surface area contributed by atoms with Gasteiger partial charge in [-0.25, -0.2) is 4.98 Å². The number of rotatable bonds is 4. The van der Waals surface area contributed by atoms with Crippen LogP contribution < -0.4 is 5.32 Å². The van der Waals surface area contributed by atoms with Crippen LogP contribution in [0, 0.1) is 18.3 Å². The highest BCUT2D eigenvalue weighted by Gasteiger charge is 2.51. The number of amides is 1. The number of benzene rings is 2. The first kappa shape index (κ1) is 16.0. The van der Waals surface area contributed by atoms with Crippen molar-refractivity contribution in [1.29, 1.82) is 5.26 Å². The van der Waals surface area contributed by atoms with Crippen molar-refractivity contribution in [3.8, 4) is 17.5 Å². The SMILES string of the molecule is Cc1nc(-c2cccc(NC(=O)C3(c4ccc(C#N)cc4)CC3)c2)n[nH]1. The summed E-state index contributed by atoms with van der Waals surface area (Å²) >= 11 is 0. The minimum atomic E-state index is -0.495. The van der Waals surface area contributed by atoms with Gasteiger partial charge in [-0.1, -0.05) is 24.3 Å². The Kier molecular flexibility index (Phi) is 3.77. The minimum absolute atomic E-state index is 0.0227. The van der Waals surface area contributed by atoms with Crippen LogP contribution in [0.25, 0.3) is 11.4 Å². The lowest BCUT2D eigenvalue weighted by Gasteiger charge is -2.16. The third-order valence-corrected chi connectivity index (χ3v) is 4.73. The van der Waals surface area contributed by atoms with E-state index in [1.807, 2.05) is 43.3 Å². The first-order valence-electron chi connectivity index (χ1n) is 8.42. The molecule has 4 rings (SSSR count). The average Bonchev–Trinajstić information content (AvgIpc) is 3.37. The van der Waals surface area contributed by atoms with E-state index in [9.17, 15) is 4.79 Å². The summed E-state index contributed by atoms with van der Waals surface area (Å²) in [6, 6.07) is 16.9. The van der Waals surface area contributed by atoms with Crippen molar-refractivity contribution in [2.45, 2.75) is 25.2 Å². The Balaban J connectivity index is 1.55. The fraction of sp³-hybridized carbons (Fsp3) is 0.200. The number of nitriles is 1. The minimum Gasteiger partial charge on any atom is -0.325 e. The van der Waals surface area contributed by atoms with Crippen LogP contribution in [-0.2, 0) is 10.2 Å².